The number of carbonyl (C=O) groups excluding carboxylic acids is 1. The SMILES string of the molecule is CON(C)CN(OC)[C@@H](CCCCN)C(N)=O. The number of nitrogens with two attached hydrogens (primary N) is 2. The maximum atomic E-state index is 11.4. The summed E-state index contributed by atoms with van der Waals surface area (Å²) in [5, 5.41) is 3.05. The van der Waals surface area contributed by atoms with Gasteiger partial charge in [0.05, 0.1) is 14.2 Å². The smallest absolute Gasteiger partial charge is 0.237 e. The molecule has 17 heavy (non-hydrogen) atoms. The molecule has 0 bridgehead atoms. The maximum Gasteiger partial charge on any atom is 0.237 e. The van der Waals surface area contributed by atoms with Gasteiger partial charge in [-0.2, -0.15) is 10.1 Å². The van der Waals surface area contributed by atoms with E-state index in [4.69, 9.17) is 21.1 Å². The number of rotatable bonds is 10. The average molecular weight is 248 g/mol. The van der Waals surface area contributed by atoms with Crippen LogP contribution in [0.25, 0.3) is 0 Å². The summed E-state index contributed by atoms with van der Waals surface area (Å²) in [7, 11) is 4.79. The number of amides is 1. The lowest BCUT2D eigenvalue weighted by atomic mass is 10.1. The summed E-state index contributed by atoms with van der Waals surface area (Å²) < 4.78 is 0. The van der Waals surface area contributed by atoms with Crippen LogP contribution in [0.5, 0.6) is 0 Å². The van der Waals surface area contributed by atoms with E-state index >= 15 is 0 Å². The van der Waals surface area contributed by atoms with Crippen molar-refractivity contribution in [2.45, 2.75) is 25.3 Å². The van der Waals surface area contributed by atoms with Crippen molar-refractivity contribution in [2.75, 3.05) is 34.5 Å². The van der Waals surface area contributed by atoms with E-state index in [9.17, 15) is 4.79 Å². The lowest BCUT2D eigenvalue weighted by molar-refractivity contribution is -0.239. The summed E-state index contributed by atoms with van der Waals surface area (Å²) >= 11 is 0. The first-order valence-corrected chi connectivity index (χ1v) is 5.62. The van der Waals surface area contributed by atoms with E-state index in [0.717, 1.165) is 12.8 Å². The summed E-state index contributed by atoms with van der Waals surface area (Å²) in [6.07, 6.45) is 2.32. The standard InChI is InChI=1S/C10H24N4O3/c1-13(16-2)8-14(17-3)9(10(12)15)6-4-5-7-11/h9H,4-8,11H2,1-3H3,(H2,12,15)/t9-/m0/s1. The van der Waals surface area contributed by atoms with Gasteiger partial charge in [-0.1, -0.05) is 6.42 Å². The van der Waals surface area contributed by atoms with E-state index in [2.05, 4.69) is 0 Å². The van der Waals surface area contributed by atoms with Gasteiger partial charge in [-0.05, 0) is 19.4 Å². The molecule has 0 saturated carbocycles. The third kappa shape index (κ3) is 6.54. The molecule has 7 heteroatoms. The first-order valence-electron chi connectivity index (χ1n) is 5.62. The van der Waals surface area contributed by atoms with Crippen LogP contribution in [0.15, 0.2) is 0 Å². The Labute approximate surface area is 103 Å². The predicted octanol–water partition coefficient (Wildman–Crippen LogP) is -0.717. The minimum absolute atomic E-state index is 0.337. The van der Waals surface area contributed by atoms with Gasteiger partial charge in [-0.25, -0.2) is 0 Å². The first-order chi connectivity index (χ1) is 8.06. The second kappa shape index (κ2) is 9.32. The Kier molecular flexibility index (Phi) is 8.92. The van der Waals surface area contributed by atoms with Crippen LogP contribution in [-0.4, -0.2) is 56.6 Å². The molecular formula is C10H24N4O3. The largest absolute Gasteiger partial charge is 0.368 e. The molecule has 1 atom stereocenters. The zero-order valence-electron chi connectivity index (χ0n) is 10.9. The van der Waals surface area contributed by atoms with Crippen LogP contribution in [0.4, 0.5) is 0 Å². The molecule has 0 aliphatic carbocycles. The maximum absolute atomic E-state index is 11.4. The summed E-state index contributed by atoms with van der Waals surface area (Å²) in [6.45, 7) is 0.944. The Morgan fingerprint density at radius 3 is 2.35 bits per heavy atom. The Bertz CT molecular complexity index is 216. The molecule has 0 aromatic carbocycles. The molecule has 0 spiro atoms. The van der Waals surface area contributed by atoms with Crippen molar-refractivity contribution in [3.8, 4) is 0 Å². The molecule has 0 saturated heterocycles. The third-order valence-electron chi connectivity index (χ3n) is 2.49. The number of nitrogens with zero attached hydrogens (tertiary/aromatic N) is 2. The fourth-order valence-electron chi connectivity index (χ4n) is 1.45. The molecule has 0 fully saturated rings. The highest BCUT2D eigenvalue weighted by Gasteiger charge is 2.24. The summed E-state index contributed by atoms with van der Waals surface area (Å²) in [6, 6.07) is -0.468. The lowest BCUT2D eigenvalue weighted by Gasteiger charge is -2.29. The van der Waals surface area contributed by atoms with Crippen molar-refractivity contribution < 1.29 is 14.5 Å². The Morgan fingerprint density at radius 2 is 1.94 bits per heavy atom. The number of carbonyl (C=O) groups is 1. The lowest BCUT2D eigenvalue weighted by Crippen LogP contribution is -2.48. The zero-order chi connectivity index (χ0) is 13.3. The number of primary amides is 1. The molecule has 0 rings (SSSR count). The predicted molar refractivity (Wildman–Crippen MR) is 64.4 cm³/mol. The van der Waals surface area contributed by atoms with E-state index in [1.54, 1.807) is 19.2 Å². The van der Waals surface area contributed by atoms with Crippen LogP contribution in [0, 0.1) is 0 Å². The van der Waals surface area contributed by atoms with Crippen molar-refractivity contribution in [2.24, 2.45) is 11.5 Å². The molecule has 0 aliphatic rings. The van der Waals surface area contributed by atoms with Crippen LogP contribution in [0.3, 0.4) is 0 Å². The Balaban J connectivity index is 4.35. The fourth-order valence-corrected chi connectivity index (χ4v) is 1.45. The second-order valence-electron chi connectivity index (χ2n) is 3.75. The van der Waals surface area contributed by atoms with Crippen LogP contribution in [0.2, 0.25) is 0 Å². The quantitative estimate of drug-likeness (QED) is 0.301. The van der Waals surface area contributed by atoms with Gasteiger partial charge >= 0.3 is 0 Å². The highest BCUT2D eigenvalue weighted by molar-refractivity contribution is 5.79. The molecule has 4 N–H and O–H groups in total. The zero-order valence-corrected chi connectivity index (χ0v) is 10.9. The van der Waals surface area contributed by atoms with Gasteiger partial charge in [-0.15, -0.1) is 0 Å². The third-order valence-corrected chi connectivity index (χ3v) is 2.49. The van der Waals surface area contributed by atoms with E-state index in [-0.39, 0.29) is 0 Å². The van der Waals surface area contributed by atoms with Crippen molar-refractivity contribution in [1.29, 1.82) is 0 Å². The number of unbranched alkanes of at least 4 members (excludes halogenated alkanes) is 1. The van der Waals surface area contributed by atoms with Crippen molar-refractivity contribution in [3.05, 3.63) is 0 Å². The fraction of sp³-hybridized carbons (Fsp3) is 0.900. The van der Waals surface area contributed by atoms with Crippen LogP contribution < -0.4 is 11.5 Å². The van der Waals surface area contributed by atoms with Gasteiger partial charge < -0.3 is 21.1 Å². The molecule has 102 valence electrons. The van der Waals surface area contributed by atoms with Crippen molar-refractivity contribution >= 4 is 5.91 Å². The van der Waals surface area contributed by atoms with E-state index in [1.165, 1.54) is 12.2 Å². The highest BCUT2D eigenvalue weighted by Crippen LogP contribution is 2.09. The highest BCUT2D eigenvalue weighted by atomic mass is 16.7. The van der Waals surface area contributed by atoms with Gasteiger partial charge in [0.2, 0.25) is 5.91 Å². The van der Waals surface area contributed by atoms with Gasteiger partial charge in [0.15, 0.2) is 0 Å². The number of hydrogen-bond donors (Lipinski definition) is 2. The first kappa shape index (κ1) is 16.3. The molecule has 0 aromatic heterocycles. The Morgan fingerprint density at radius 1 is 1.29 bits per heavy atom. The monoisotopic (exact) mass is 248 g/mol. The van der Waals surface area contributed by atoms with Crippen molar-refractivity contribution in [1.82, 2.24) is 10.1 Å². The van der Waals surface area contributed by atoms with E-state index in [1.807, 2.05) is 0 Å². The number of hydroxylamine groups is 4. The summed E-state index contributed by atoms with van der Waals surface area (Å²) in [5.74, 6) is -0.409. The van der Waals surface area contributed by atoms with Crippen LogP contribution >= 0.6 is 0 Å². The van der Waals surface area contributed by atoms with Crippen LogP contribution in [0.1, 0.15) is 19.3 Å². The Hall–Kier alpha value is -0.730. The molecule has 0 radical (unpaired) electrons. The summed E-state index contributed by atoms with van der Waals surface area (Å²) in [5.41, 5.74) is 10.8. The van der Waals surface area contributed by atoms with Gasteiger partial charge in [0.1, 0.15) is 12.7 Å². The molecule has 7 nitrogen and oxygen atoms in total. The minimum Gasteiger partial charge on any atom is -0.368 e. The topological polar surface area (TPSA) is 94.1 Å². The molecule has 1 amide bonds. The van der Waals surface area contributed by atoms with Gasteiger partial charge in [0.25, 0.3) is 0 Å². The molecule has 0 unspecified atom stereocenters. The van der Waals surface area contributed by atoms with E-state index in [0.29, 0.717) is 19.6 Å². The molecule has 0 heterocycles. The molecule has 0 aromatic rings. The minimum atomic E-state index is -0.468. The molecule has 0 aliphatic heterocycles. The van der Waals surface area contributed by atoms with Crippen molar-refractivity contribution in [3.63, 3.8) is 0 Å². The summed E-state index contributed by atoms with van der Waals surface area (Å²) in [4.78, 5) is 21.5. The number of hydrogen-bond acceptors (Lipinski definition) is 6. The van der Waals surface area contributed by atoms with Crippen LogP contribution in [-0.2, 0) is 14.5 Å². The van der Waals surface area contributed by atoms with Gasteiger partial charge in [0, 0.05) is 7.05 Å². The molecular weight excluding hydrogens is 224 g/mol. The van der Waals surface area contributed by atoms with Gasteiger partial charge in [-0.3, -0.25) is 4.79 Å². The van der Waals surface area contributed by atoms with E-state index < -0.39 is 11.9 Å². The normalized spacial score (nSPS) is 13.3. The average Bonchev–Trinajstić information content (AvgIpc) is 2.31. The second-order valence-corrected chi connectivity index (χ2v) is 3.75.